The number of aliphatic carboxylic acids is 1. The van der Waals surface area contributed by atoms with Gasteiger partial charge in [-0.1, -0.05) is 42.5 Å². The number of amides is 1. The van der Waals surface area contributed by atoms with Gasteiger partial charge in [0.15, 0.2) is 0 Å². The molecule has 0 unspecified atom stereocenters. The molecule has 8 heteroatoms. The van der Waals surface area contributed by atoms with Crippen molar-refractivity contribution in [2.24, 2.45) is 0 Å². The minimum atomic E-state index is -4.56. The van der Waals surface area contributed by atoms with Gasteiger partial charge in [-0.2, -0.15) is 13.2 Å². The van der Waals surface area contributed by atoms with Crippen LogP contribution in [-0.4, -0.2) is 35.5 Å². The van der Waals surface area contributed by atoms with Crippen molar-refractivity contribution in [1.29, 1.82) is 0 Å². The Morgan fingerprint density at radius 1 is 0.944 bits per heavy atom. The van der Waals surface area contributed by atoms with Crippen LogP contribution in [0.3, 0.4) is 0 Å². The van der Waals surface area contributed by atoms with Crippen LogP contribution in [0.15, 0.2) is 66.7 Å². The summed E-state index contributed by atoms with van der Waals surface area (Å²) in [7, 11) is 1.44. The summed E-state index contributed by atoms with van der Waals surface area (Å²) < 4.78 is 46.1. The average molecular weight is 500 g/mol. The molecular weight excluding hydrogens is 471 g/mol. The van der Waals surface area contributed by atoms with Crippen molar-refractivity contribution in [3.8, 4) is 16.9 Å². The Labute approximate surface area is 208 Å². The molecule has 36 heavy (non-hydrogen) atoms. The molecule has 3 aromatic carbocycles. The third-order valence-electron chi connectivity index (χ3n) is 5.91. The van der Waals surface area contributed by atoms with E-state index in [2.05, 4.69) is 0 Å². The van der Waals surface area contributed by atoms with E-state index in [0.717, 1.165) is 17.7 Å². The monoisotopic (exact) mass is 499 g/mol. The zero-order valence-corrected chi connectivity index (χ0v) is 20.1. The van der Waals surface area contributed by atoms with Crippen molar-refractivity contribution in [2.45, 2.75) is 38.9 Å². The standard InChI is InChI=1S/C28H28F3NO4/c1-3-32(26(33)14-10-19-7-5-4-6-8-19)18-21-17-22(28(29,30)31)11-12-23(21)24-15-20(16-27(34)35)9-13-25(24)36-2/h4-9,11-13,15,17H,3,10,14,16,18H2,1-2H3,(H,34,35). The number of halogens is 3. The summed E-state index contributed by atoms with van der Waals surface area (Å²) in [5.41, 5.74) is 1.87. The Balaban J connectivity index is 1.99. The quantitative estimate of drug-likeness (QED) is 0.372. The largest absolute Gasteiger partial charge is 0.496 e. The highest BCUT2D eigenvalue weighted by molar-refractivity contribution is 5.79. The highest BCUT2D eigenvalue weighted by atomic mass is 19.4. The van der Waals surface area contributed by atoms with Crippen LogP contribution in [0.4, 0.5) is 13.2 Å². The molecule has 0 saturated heterocycles. The molecule has 1 N–H and O–H groups in total. The molecule has 0 heterocycles. The Morgan fingerprint density at radius 3 is 2.28 bits per heavy atom. The number of nitrogens with zero attached hydrogens (tertiary/aromatic N) is 1. The Bertz CT molecular complexity index is 1210. The minimum absolute atomic E-state index is 0.0321. The zero-order valence-electron chi connectivity index (χ0n) is 20.1. The van der Waals surface area contributed by atoms with E-state index in [1.807, 2.05) is 30.3 Å². The molecule has 0 saturated carbocycles. The Kier molecular flexibility index (Phi) is 8.74. The lowest BCUT2D eigenvalue weighted by Crippen LogP contribution is -2.30. The minimum Gasteiger partial charge on any atom is -0.496 e. The fraction of sp³-hybridized carbons (Fsp3) is 0.286. The highest BCUT2D eigenvalue weighted by Gasteiger charge is 2.31. The lowest BCUT2D eigenvalue weighted by Gasteiger charge is -2.24. The first kappa shape index (κ1) is 26.8. The van der Waals surface area contributed by atoms with E-state index in [9.17, 15) is 27.9 Å². The lowest BCUT2D eigenvalue weighted by molar-refractivity contribution is -0.138. The van der Waals surface area contributed by atoms with Crippen LogP contribution in [0.25, 0.3) is 11.1 Å². The van der Waals surface area contributed by atoms with Crippen molar-refractivity contribution >= 4 is 11.9 Å². The number of ether oxygens (including phenoxy) is 1. The highest BCUT2D eigenvalue weighted by Crippen LogP contribution is 2.38. The summed E-state index contributed by atoms with van der Waals surface area (Å²) in [4.78, 5) is 25.7. The van der Waals surface area contributed by atoms with Gasteiger partial charge in [0.2, 0.25) is 5.91 Å². The van der Waals surface area contributed by atoms with E-state index in [4.69, 9.17) is 4.74 Å². The average Bonchev–Trinajstić information content (AvgIpc) is 2.85. The van der Waals surface area contributed by atoms with Gasteiger partial charge in [-0.15, -0.1) is 0 Å². The molecule has 0 spiro atoms. The molecule has 0 aromatic heterocycles. The summed E-state index contributed by atoms with van der Waals surface area (Å²) in [6, 6.07) is 17.7. The predicted octanol–water partition coefficient (Wildman–Crippen LogP) is 5.99. The Morgan fingerprint density at radius 2 is 1.67 bits per heavy atom. The molecule has 3 aromatic rings. The first-order chi connectivity index (χ1) is 17.1. The molecule has 0 aliphatic rings. The van der Waals surface area contributed by atoms with Crippen LogP contribution < -0.4 is 4.74 Å². The first-order valence-electron chi connectivity index (χ1n) is 11.5. The van der Waals surface area contributed by atoms with Crippen molar-refractivity contribution < 1.29 is 32.6 Å². The number of carbonyl (C=O) groups excluding carboxylic acids is 1. The number of carboxylic acid groups (broad SMARTS) is 1. The molecule has 1 amide bonds. The molecule has 0 bridgehead atoms. The van der Waals surface area contributed by atoms with Gasteiger partial charge < -0.3 is 14.7 Å². The van der Waals surface area contributed by atoms with Gasteiger partial charge in [0.05, 0.1) is 19.1 Å². The maximum atomic E-state index is 13.6. The predicted molar refractivity (Wildman–Crippen MR) is 131 cm³/mol. The zero-order chi connectivity index (χ0) is 26.3. The summed E-state index contributed by atoms with van der Waals surface area (Å²) in [5, 5.41) is 9.18. The molecule has 0 fully saturated rings. The number of carboxylic acids is 1. The van der Waals surface area contributed by atoms with Crippen LogP contribution in [0.5, 0.6) is 5.75 Å². The number of benzene rings is 3. The van der Waals surface area contributed by atoms with Crippen molar-refractivity contribution in [2.75, 3.05) is 13.7 Å². The van der Waals surface area contributed by atoms with Crippen molar-refractivity contribution in [3.63, 3.8) is 0 Å². The topological polar surface area (TPSA) is 66.8 Å². The number of methoxy groups -OCH3 is 1. The third-order valence-corrected chi connectivity index (χ3v) is 5.91. The maximum absolute atomic E-state index is 13.6. The van der Waals surface area contributed by atoms with Crippen LogP contribution in [0.2, 0.25) is 0 Å². The second-order valence-corrected chi connectivity index (χ2v) is 8.37. The molecule has 5 nitrogen and oxygen atoms in total. The van der Waals surface area contributed by atoms with E-state index in [0.29, 0.717) is 41.0 Å². The molecule has 0 radical (unpaired) electrons. The second-order valence-electron chi connectivity index (χ2n) is 8.37. The van der Waals surface area contributed by atoms with Gasteiger partial charge in [0, 0.05) is 25.1 Å². The van der Waals surface area contributed by atoms with Gasteiger partial charge in [-0.25, -0.2) is 0 Å². The second kappa shape index (κ2) is 11.7. The van der Waals surface area contributed by atoms with Crippen molar-refractivity contribution in [1.82, 2.24) is 4.90 Å². The van der Waals surface area contributed by atoms with Gasteiger partial charge >= 0.3 is 12.1 Å². The molecule has 3 rings (SSSR count). The van der Waals surface area contributed by atoms with E-state index < -0.39 is 17.7 Å². The fourth-order valence-electron chi connectivity index (χ4n) is 4.05. The summed E-state index contributed by atoms with van der Waals surface area (Å²) in [6.45, 7) is 2.07. The number of hydrogen-bond acceptors (Lipinski definition) is 3. The lowest BCUT2D eigenvalue weighted by atomic mass is 9.94. The number of carbonyl (C=O) groups is 2. The van der Waals surface area contributed by atoms with Crippen LogP contribution in [0.1, 0.15) is 35.6 Å². The fourth-order valence-corrected chi connectivity index (χ4v) is 4.05. The number of rotatable bonds is 10. The first-order valence-corrected chi connectivity index (χ1v) is 11.5. The van der Waals surface area contributed by atoms with E-state index >= 15 is 0 Å². The maximum Gasteiger partial charge on any atom is 0.416 e. The third kappa shape index (κ3) is 6.87. The summed E-state index contributed by atoms with van der Waals surface area (Å²) in [5.74, 6) is -0.806. The van der Waals surface area contributed by atoms with Gasteiger partial charge in [0.25, 0.3) is 0 Å². The van der Waals surface area contributed by atoms with Crippen LogP contribution in [0, 0.1) is 0 Å². The van der Waals surface area contributed by atoms with E-state index in [1.165, 1.54) is 18.1 Å². The molecule has 0 atom stereocenters. The van der Waals surface area contributed by atoms with Crippen LogP contribution >= 0.6 is 0 Å². The molecular formula is C28H28F3NO4. The Hall–Kier alpha value is -3.81. The smallest absolute Gasteiger partial charge is 0.416 e. The SMILES string of the molecule is CCN(Cc1cc(C(F)(F)F)ccc1-c1cc(CC(=O)O)ccc1OC)C(=O)CCc1ccccc1. The summed E-state index contributed by atoms with van der Waals surface area (Å²) >= 11 is 0. The molecule has 0 aliphatic carbocycles. The normalized spacial score (nSPS) is 11.2. The molecule has 0 aliphatic heterocycles. The van der Waals surface area contributed by atoms with Crippen molar-refractivity contribution in [3.05, 3.63) is 89.0 Å². The van der Waals surface area contributed by atoms with E-state index in [1.54, 1.807) is 25.1 Å². The number of hydrogen-bond donors (Lipinski definition) is 1. The van der Waals surface area contributed by atoms with Gasteiger partial charge in [-0.05, 0) is 59.9 Å². The summed E-state index contributed by atoms with van der Waals surface area (Å²) in [6.07, 6.45) is -4.05. The molecule has 190 valence electrons. The van der Waals surface area contributed by atoms with E-state index in [-0.39, 0.29) is 25.3 Å². The van der Waals surface area contributed by atoms with Gasteiger partial charge in [0.1, 0.15) is 5.75 Å². The number of aryl methyl sites for hydroxylation is 1. The number of alkyl halides is 3. The van der Waals surface area contributed by atoms with Gasteiger partial charge in [-0.3, -0.25) is 9.59 Å². The van der Waals surface area contributed by atoms with Crippen LogP contribution in [-0.2, 0) is 35.2 Å².